The fraction of sp³-hybridized carbons (Fsp3) is 0.519. The molecule has 5 rings (SSSR count). The molecule has 0 saturated carbocycles. The normalized spacial score (nSPS) is 24.1. The molecule has 7 nitrogen and oxygen atoms in total. The van der Waals surface area contributed by atoms with Gasteiger partial charge in [-0.25, -0.2) is 0 Å². The molecule has 2 unspecified atom stereocenters. The van der Waals surface area contributed by atoms with Crippen molar-refractivity contribution >= 4 is 5.91 Å². The van der Waals surface area contributed by atoms with Gasteiger partial charge in [-0.3, -0.25) is 9.69 Å². The van der Waals surface area contributed by atoms with E-state index in [0.717, 1.165) is 49.5 Å². The van der Waals surface area contributed by atoms with Crippen molar-refractivity contribution < 1.29 is 23.7 Å². The first-order valence-corrected chi connectivity index (χ1v) is 12.2. The summed E-state index contributed by atoms with van der Waals surface area (Å²) in [7, 11) is 0. The lowest BCUT2D eigenvalue weighted by molar-refractivity contribution is -0.0704. The summed E-state index contributed by atoms with van der Waals surface area (Å²) < 4.78 is 22.5. The first kappa shape index (κ1) is 23.1. The van der Waals surface area contributed by atoms with Gasteiger partial charge in [-0.2, -0.15) is 0 Å². The third-order valence-electron chi connectivity index (χ3n) is 7.14. The second-order valence-corrected chi connectivity index (χ2v) is 9.79. The minimum Gasteiger partial charge on any atom is -0.454 e. The zero-order chi connectivity index (χ0) is 23.5. The molecule has 2 saturated heterocycles. The molecule has 1 N–H and O–H groups in total. The maximum absolute atomic E-state index is 13.0. The fourth-order valence-electron chi connectivity index (χ4n) is 5.34. The van der Waals surface area contributed by atoms with E-state index >= 15 is 0 Å². The average Bonchev–Trinajstić information content (AvgIpc) is 3.31. The number of hydrogen-bond donors (Lipinski definition) is 1. The molecule has 0 bridgehead atoms. The largest absolute Gasteiger partial charge is 0.454 e. The van der Waals surface area contributed by atoms with Crippen LogP contribution in [0.4, 0.5) is 0 Å². The molecule has 2 atom stereocenters. The zero-order valence-electron chi connectivity index (χ0n) is 20.0. The number of morpholine rings is 1. The van der Waals surface area contributed by atoms with E-state index in [1.807, 2.05) is 18.2 Å². The van der Waals surface area contributed by atoms with E-state index < -0.39 is 0 Å². The maximum Gasteiger partial charge on any atom is 0.251 e. The highest BCUT2D eigenvalue weighted by atomic mass is 16.7. The number of hydrogen-bond acceptors (Lipinski definition) is 6. The van der Waals surface area contributed by atoms with Crippen molar-refractivity contribution in [3.05, 3.63) is 59.2 Å². The molecule has 3 aliphatic rings. The first-order chi connectivity index (χ1) is 16.5. The predicted molar refractivity (Wildman–Crippen MR) is 128 cm³/mol. The molecule has 0 spiro atoms. The van der Waals surface area contributed by atoms with Crippen LogP contribution >= 0.6 is 0 Å². The first-order valence-electron chi connectivity index (χ1n) is 12.2. The second-order valence-electron chi connectivity index (χ2n) is 9.79. The zero-order valence-corrected chi connectivity index (χ0v) is 20.0. The quantitative estimate of drug-likeness (QED) is 0.703. The molecular weight excluding hydrogens is 432 g/mol. The monoisotopic (exact) mass is 466 g/mol. The van der Waals surface area contributed by atoms with Gasteiger partial charge in [0.15, 0.2) is 11.5 Å². The summed E-state index contributed by atoms with van der Waals surface area (Å²) in [6.45, 7) is 9.13. The summed E-state index contributed by atoms with van der Waals surface area (Å²) in [5, 5.41) is 3.19. The van der Waals surface area contributed by atoms with E-state index in [2.05, 4.69) is 48.3 Å². The fourth-order valence-corrected chi connectivity index (χ4v) is 5.34. The third-order valence-corrected chi connectivity index (χ3v) is 7.14. The van der Waals surface area contributed by atoms with Crippen LogP contribution in [0, 0.1) is 0 Å². The number of benzene rings is 2. The highest BCUT2D eigenvalue weighted by Crippen LogP contribution is 2.40. The van der Waals surface area contributed by atoms with Gasteiger partial charge in [0.25, 0.3) is 5.91 Å². The summed E-state index contributed by atoms with van der Waals surface area (Å²) in [6.07, 6.45) is 2.19. The van der Waals surface area contributed by atoms with E-state index in [4.69, 9.17) is 18.9 Å². The number of carbonyl (C=O) groups excluding carboxylic acids is 1. The number of nitrogens with one attached hydrogen (secondary N) is 1. The third kappa shape index (κ3) is 5.06. The van der Waals surface area contributed by atoms with Gasteiger partial charge in [-0.1, -0.05) is 18.2 Å². The van der Waals surface area contributed by atoms with Crippen LogP contribution in [0.3, 0.4) is 0 Å². The molecule has 2 aromatic rings. The molecular formula is C27H34N2O5. The maximum atomic E-state index is 13.0. The lowest BCUT2D eigenvalue weighted by Crippen LogP contribution is -2.45. The Balaban J connectivity index is 1.23. The van der Waals surface area contributed by atoms with Gasteiger partial charge in [0, 0.05) is 50.4 Å². The standard InChI is InChI=1S/C27H34N2O5/c1-19-14-29(15-20(2)34-19)16-21-3-5-22(6-4-21)26(30)28-17-27(9-11-31-12-10-27)23-7-8-24-25(13-23)33-18-32-24/h3-8,13,19-20H,9-12,14-18H2,1-2H3,(H,28,30). The smallest absolute Gasteiger partial charge is 0.251 e. The van der Waals surface area contributed by atoms with Crippen molar-refractivity contribution in [2.75, 3.05) is 39.6 Å². The van der Waals surface area contributed by atoms with E-state index in [1.165, 1.54) is 5.56 Å². The Morgan fingerprint density at radius 1 is 1.00 bits per heavy atom. The molecule has 2 aromatic carbocycles. The van der Waals surface area contributed by atoms with Crippen molar-refractivity contribution in [2.45, 2.75) is 50.9 Å². The van der Waals surface area contributed by atoms with Gasteiger partial charge in [0.1, 0.15) is 0 Å². The summed E-state index contributed by atoms with van der Waals surface area (Å²) in [6, 6.07) is 14.1. The summed E-state index contributed by atoms with van der Waals surface area (Å²) >= 11 is 0. The van der Waals surface area contributed by atoms with Gasteiger partial charge in [0.05, 0.1) is 12.2 Å². The van der Waals surface area contributed by atoms with Crippen LogP contribution in [-0.4, -0.2) is 62.7 Å². The number of carbonyl (C=O) groups is 1. The van der Waals surface area contributed by atoms with Crippen molar-refractivity contribution in [3.63, 3.8) is 0 Å². The Morgan fingerprint density at radius 2 is 1.71 bits per heavy atom. The number of rotatable bonds is 6. The van der Waals surface area contributed by atoms with E-state index in [0.29, 0.717) is 25.3 Å². The van der Waals surface area contributed by atoms with Crippen molar-refractivity contribution in [1.29, 1.82) is 0 Å². The number of nitrogens with zero attached hydrogens (tertiary/aromatic N) is 1. The molecule has 2 fully saturated rings. The molecule has 0 aliphatic carbocycles. The molecule has 1 amide bonds. The van der Waals surface area contributed by atoms with E-state index in [9.17, 15) is 4.79 Å². The molecule has 0 radical (unpaired) electrons. The van der Waals surface area contributed by atoms with Crippen molar-refractivity contribution in [1.82, 2.24) is 10.2 Å². The highest BCUT2D eigenvalue weighted by molar-refractivity contribution is 5.94. The SMILES string of the molecule is CC1CN(Cc2ccc(C(=O)NCC3(c4ccc5c(c4)OCO5)CCOCC3)cc2)CC(C)O1. The Kier molecular flexibility index (Phi) is 6.77. The Bertz CT molecular complexity index is 993. The van der Waals surface area contributed by atoms with Crippen molar-refractivity contribution in [2.24, 2.45) is 0 Å². The number of fused-ring (bicyclic) bond motifs is 1. The molecule has 182 valence electrons. The second kappa shape index (κ2) is 9.94. The van der Waals surface area contributed by atoms with Crippen molar-refractivity contribution in [3.8, 4) is 11.5 Å². The van der Waals surface area contributed by atoms with Crippen LogP contribution in [0.15, 0.2) is 42.5 Å². The van der Waals surface area contributed by atoms with Gasteiger partial charge >= 0.3 is 0 Å². The van der Waals surface area contributed by atoms with Crippen LogP contribution in [0.1, 0.15) is 48.2 Å². The number of ether oxygens (including phenoxy) is 4. The predicted octanol–water partition coefficient (Wildman–Crippen LogP) is 3.50. The topological polar surface area (TPSA) is 69.3 Å². The molecule has 3 aliphatic heterocycles. The molecule has 3 heterocycles. The minimum atomic E-state index is -0.182. The average molecular weight is 467 g/mol. The van der Waals surface area contributed by atoms with Gasteiger partial charge in [-0.05, 0) is 62.1 Å². The van der Waals surface area contributed by atoms with E-state index in [1.54, 1.807) is 0 Å². The van der Waals surface area contributed by atoms with Crippen LogP contribution in [0.25, 0.3) is 0 Å². The molecule has 0 aromatic heterocycles. The Morgan fingerprint density at radius 3 is 2.44 bits per heavy atom. The van der Waals surface area contributed by atoms with Crippen LogP contribution in [-0.2, 0) is 21.4 Å². The summed E-state index contributed by atoms with van der Waals surface area (Å²) in [5.41, 5.74) is 2.86. The van der Waals surface area contributed by atoms with Crippen LogP contribution < -0.4 is 14.8 Å². The lowest BCUT2D eigenvalue weighted by Gasteiger charge is -2.38. The minimum absolute atomic E-state index is 0.0493. The lowest BCUT2D eigenvalue weighted by atomic mass is 9.74. The van der Waals surface area contributed by atoms with E-state index in [-0.39, 0.29) is 30.3 Å². The summed E-state index contributed by atoms with van der Waals surface area (Å²) in [5.74, 6) is 1.50. The Labute approximate surface area is 201 Å². The van der Waals surface area contributed by atoms with Gasteiger partial charge in [0.2, 0.25) is 6.79 Å². The molecule has 7 heteroatoms. The number of amides is 1. The molecule has 34 heavy (non-hydrogen) atoms. The highest BCUT2D eigenvalue weighted by Gasteiger charge is 2.36. The summed E-state index contributed by atoms with van der Waals surface area (Å²) in [4.78, 5) is 15.4. The Hall–Kier alpha value is -2.61. The van der Waals surface area contributed by atoms with Crippen LogP contribution in [0.2, 0.25) is 0 Å². The van der Waals surface area contributed by atoms with Gasteiger partial charge in [-0.15, -0.1) is 0 Å². The van der Waals surface area contributed by atoms with Gasteiger partial charge < -0.3 is 24.3 Å². The van der Waals surface area contributed by atoms with Crippen LogP contribution in [0.5, 0.6) is 11.5 Å².